The van der Waals surface area contributed by atoms with E-state index in [0.29, 0.717) is 45.9 Å². The Balaban J connectivity index is 1.08. The fourth-order valence-corrected chi connectivity index (χ4v) is 6.23. The Bertz CT molecular complexity index is 2160. The van der Waals surface area contributed by atoms with Gasteiger partial charge in [-0.1, -0.05) is 30.4 Å². The number of anilines is 4. The molecule has 11 nitrogen and oxygen atoms in total. The second-order valence-electron chi connectivity index (χ2n) is 11.2. The van der Waals surface area contributed by atoms with Crippen molar-refractivity contribution in [3.63, 3.8) is 0 Å². The highest BCUT2D eigenvalue weighted by Gasteiger charge is 2.19. The lowest BCUT2D eigenvalue weighted by molar-refractivity contribution is 0.102. The zero-order valence-electron chi connectivity index (χ0n) is 26.4. The lowest BCUT2D eigenvalue weighted by Gasteiger charge is -2.10. The van der Waals surface area contributed by atoms with E-state index in [1.807, 2.05) is 56.6 Å². The van der Waals surface area contributed by atoms with Crippen molar-refractivity contribution in [3.05, 3.63) is 133 Å². The molecule has 0 fully saturated rings. The first kappa shape index (κ1) is 32.1. The maximum atomic E-state index is 13.2. The second-order valence-corrected chi connectivity index (χ2v) is 13.0. The van der Waals surface area contributed by atoms with Crippen molar-refractivity contribution >= 4 is 49.8 Å². The number of nitrogens with one attached hydrogen (secondary N) is 3. The number of carbonyl (C=O) groups is 1. The van der Waals surface area contributed by atoms with Crippen LogP contribution >= 0.6 is 0 Å². The van der Waals surface area contributed by atoms with Crippen molar-refractivity contribution in [1.29, 1.82) is 0 Å². The van der Waals surface area contributed by atoms with Gasteiger partial charge < -0.3 is 20.9 Å². The van der Waals surface area contributed by atoms with E-state index in [0.717, 1.165) is 17.9 Å². The van der Waals surface area contributed by atoms with Gasteiger partial charge in [0.2, 0.25) is 0 Å². The number of fused-ring (bicyclic) bond motifs is 1. The van der Waals surface area contributed by atoms with Gasteiger partial charge in [0, 0.05) is 65.1 Å². The molecule has 3 aromatic heterocycles. The summed E-state index contributed by atoms with van der Waals surface area (Å²) < 4.78 is 27.5. The molecule has 3 heterocycles. The van der Waals surface area contributed by atoms with Gasteiger partial charge in [-0.3, -0.25) is 4.79 Å². The Morgan fingerprint density at radius 3 is 2.31 bits per heavy atom. The van der Waals surface area contributed by atoms with Gasteiger partial charge in [0.25, 0.3) is 15.9 Å². The number of amides is 1. The molecule has 0 unspecified atom stereocenters. The summed E-state index contributed by atoms with van der Waals surface area (Å²) in [7, 11) is 0.266. The number of pyridine rings is 1. The summed E-state index contributed by atoms with van der Waals surface area (Å²) in [6, 6.07) is 28.3. The third kappa shape index (κ3) is 7.57. The molecular formula is C36H34N8O3S. The second kappa shape index (κ2) is 14.3. The first-order chi connectivity index (χ1) is 23.3. The minimum Gasteiger partial charge on any atom is -0.382 e. The van der Waals surface area contributed by atoms with E-state index in [-0.39, 0.29) is 10.8 Å². The minimum absolute atomic E-state index is 0.188. The van der Waals surface area contributed by atoms with E-state index in [1.54, 1.807) is 60.8 Å². The van der Waals surface area contributed by atoms with Crippen LogP contribution in [-0.2, 0) is 10.0 Å². The largest absolute Gasteiger partial charge is 0.382 e. The number of nitrogens with zero attached hydrogens (tertiary/aromatic N) is 5. The van der Waals surface area contributed by atoms with Crippen LogP contribution in [0.3, 0.4) is 0 Å². The molecule has 1 amide bonds. The Kier molecular flexibility index (Phi) is 9.55. The molecule has 0 saturated carbocycles. The topological polar surface area (TPSA) is 134 Å². The van der Waals surface area contributed by atoms with E-state index in [4.69, 9.17) is 0 Å². The molecule has 0 aliphatic carbocycles. The number of aromatic nitrogens is 4. The van der Waals surface area contributed by atoms with Crippen molar-refractivity contribution in [2.24, 2.45) is 0 Å². The van der Waals surface area contributed by atoms with Gasteiger partial charge in [-0.05, 0) is 86.9 Å². The molecule has 6 aromatic rings. The summed E-state index contributed by atoms with van der Waals surface area (Å²) in [6.07, 6.45) is 8.72. The maximum absolute atomic E-state index is 13.2. The zero-order valence-corrected chi connectivity index (χ0v) is 27.2. The number of rotatable bonds is 12. The number of likely N-dealkylation sites (N-methyl/N-ethyl adjacent to an activating group) is 1. The molecule has 0 spiro atoms. The Morgan fingerprint density at radius 2 is 1.56 bits per heavy atom. The molecule has 0 radical (unpaired) electrons. The van der Waals surface area contributed by atoms with Crippen LogP contribution in [0.5, 0.6) is 0 Å². The predicted molar refractivity (Wildman–Crippen MR) is 190 cm³/mol. The highest BCUT2D eigenvalue weighted by Crippen LogP contribution is 2.27. The van der Waals surface area contributed by atoms with Gasteiger partial charge in [0.1, 0.15) is 12.1 Å². The van der Waals surface area contributed by atoms with Crippen LogP contribution < -0.4 is 16.0 Å². The molecule has 0 bridgehead atoms. The summed E-state index contributed by atoms with van der Waals surface area (Å²) in [4.78, 5) is 28.3. The van der Waals surface area contributed by atoms with Crippen LogP contribution in [0.25, 0.3) is 22.3 Å². The molecule has 48 heavy (non-hydrogen) atoms. The van der Waals surface area contributed by atoms with Gasteiger partial charge in [-0.25, -0.2) is 27.3 Å². The van der Waals surface area contributed by atoms with E-state index in [2.05, 4.69) is 48.0 Å². The highest BCUT2D eigenvalue weighted by molar-refractivity contribution is 7.90. The minimum atomic E-state index is -3.78. The molecule has 12 heteroatoms. The van der Waals surface area contributed by atoms with E-state index in [1.165, 1.54) is 16.5 Å². The molecule has 3 aromatic carbocycles. The van der Waals surface area contributed by atoms with Gasteiger partial charge in [0.15, 0.2) is 5.65 Å². The van der Waals surface area contributed by atoms with Crippen molar-refractivity contribution < 1.29 is 13.2 Å². The summed E-state index contributed by atoms with van der Waals surface area (Å²) >= 11 is 0. The van der Waals surface area contributed by atoms with E-state index < -0.39 is 10.0 Å². The van der Waals surface area contributed by atoms with Crippen LogP contribution in [0.1, 0.15) is 10.4 Å². The average Bonchev–Trinajstić information content (AvgIpc) is 3.54. The summed E-state index contributed by atoms with van der Waals surface area (Å²) in [5.41, 5.74) is 4.58. The monoisotopic (exact) mass is 658 g/mol. The predicted octanol–water partition coefficient (Wildman–Crippen LogP) is 6.26. The van der Waals surface area contributed by atoms with Crippen LogP contribution in [0, 0.1) is 0 Å². The average molecular weight is 659 g/mol. The molecule has 242 valence electrons. The number of hydrogen-bond acceptors (Lipinski definition) is 9. The smallest absolute Gasteiger partial charge is 0.269 e. The van der Waals surface area contributed by atoms with E-state index >= 15 is 0 Å². The SMILES string of the molecule is CN(C)C/C=C/CNc1ccc(C(=O)Nc2ccc(Nc3cc(-c4cnc5c(ccn5S(=O)(=O)c5ccccc5)c4)ncn3)cc2)cc1. The first-order valence-corrected chi connectivity index (χ1v) is 16.6. The lowest BCUT2D eigenvalue weighted by Crippen LogP contribution is -2.12. The summed E-state index contributed by atoms with van der Waals surface area (Å²) in [5.74, 6) is 0.357. The number of hydrogen-bond donors (Lipinski definition) is 3. The van der Waals surface area contributed by atoms with Crippen LogP contribution in [-0.4, -0.2) is 65.3 Å². The summed E-state index contributed by atoms with van der Waals surface area (Å²) in [6.45, 7) is 1.60. The Morgan fingerprint density at radius 1 is 0.833 bits per heavy atom. The lowest BCUT2D eigenvalue weighted by atomic mass is 10.1. The van der Waals surface area contributed by atoms with E-state index in [9.17, 15) is 13.2 Å². The molecule has 3 N–H and O–H groups in total. The Labute approximate surface area is 279 Å². The molecule has 0 aliphatic rings. The van der Waals surface area contributed by atoms with Crippen molar-refractivity contribution in [1.82, 2.24) is 23.8 Å². The van der Waals surface area contributed by atoms with Crippen LogP contribution in [0.2, 0.25) is 0 Å². The van der Waals surface area contributed by atoms with Crippen molar-refractivity contribution in [2.45, 2.75) is 4.90 Å². The number of benzene rings is 3. The molecular weight excluding hydrogens is 625 g/mol. The molecule has 6 rings (SSSR count). The zero-order chi connectivity index (χ0) is 33.5. The third-order valence-corrected chi connectivity index (χ3v) is 9.06. The van der Waals surface area contributed by atoms with Gasteiger partial charge in [-0.2, -0.15) is 0 Å². The fourth-order valence-electron chi connectivity index (χ4n) is 4.90. The van der Waals surface area contributed by atoms with Crippen molar-refractivity contribution in [2.75, 3.05) is 43.1 Å². The van der Waals surface area contributed by atoms with Crippen molar-refractivity contribution in [3.8, 4) is 11.3 Å². The van der Waals surface area contributed by atoms with Crippen LogP contribution in [0.4, 0.5) is 22.9 Å². The van der Waals surface area contributed by atoms with Crippen LogP contribution in [0.15, 0.2) is 133 Å². The standard InChI is InChI=1S/C36H34N8O3S/c1-43(2)20-7-6-19-37-29-12-10-26(11-13-29)36(45)42-31-16-14-30(15-17-31)41-34-23-33(39-25-40-34)28-22-27-18-21-44(35(27)38-24-28)48(46,47)32-8-4-3-5-9-32/h3-18,21-25,37H,19-20H2,1-2H3,(H,42,45)(H,39,40,41)/b7-6+. The molecule has 0 atom stereocenters. The van der Waals surface area contributed by atoms with Gasteiger partial charge in [0.05, 0.1) is 10.6 Å². The normalized spacial score (nSPS) is 11.6. The molecule has 0 aliphatic heterocycles. The quantitative estimate of drug-likeness (QED) is 0.130. The van der Waals surface area contributed by atoms with Gasteiger partial charge >= 0.3 is 0 Å². The third-order valence-electron chi connectivity index (χ3n) is 7.38. The summed E-state index contributed by atoms with van der Waals surface area (Å²) in [5, 5.41) is 10.2. The molecule has 0 saturated heterocycles. The fraction of sp³-hybridized carbons (Fsp3) is 0.111. The highest BCUT2D eigenvalue weighted by atomic mass is 32.2. The number of carbonyl (C=O) groups excluding carboxylic acids is 1. The first-order valence-electron chi connectivity index (χ1n) is 15.2. The maximum Gasteiger partial charge on any atom is 0.269 e. The Hall–Kier alpha value is -5.85. The van der Waals surface area contributed by atoms with Gasteiger partial charge in [-0.15, -0.1) is 0 Å².